The molecule has 0 fully saturated rings. The summed E-state index contributed by atoms with van der Waals surface area (Å²) in [5.41, 5.74) is 3.13. The summed E-state index contributed by atoms with van der Waals surface area (Å²) >= 11 is 1.67. The van der Waals surface area contributed by atoms with Crippen molar-refractivity contribution in [2.24, 2.45) is 0 Å². The second-order valence-electron chi connectivity index (χ2n) is 6.47. The third kappa shape index (κ3) is 3.07. The maximum absolute atomic E-state index is 9.55. The maximum atomic E-state index is 9.55. The molecule has 0 bridgehead atoms. The molecule has 0 spiro atoms. The highest BCUT2D eigenvalue weighted by Gasteiger charge is 2.22. The average molecular weight is 327 g/mol. The van der Waals surface area contributed by atoms with Gasteiger partial charge < -0.3 is 10.4 Å². The first-order valence-electron chi connectivity index (χ1n) is 7.61. The molecule has 3 rings (SSSR count). The maximum Gasteiger partial charge on any atom is 0.139 e. The van der Waals surface area contributed by atoms with Crippen LogP contribution in [0.3, 0.4) is 0 Å². The third-order valence-corrected chi connectivity index (χ3v) is 4.87. The standard InChI is InChI=1S/C18H21N3OS/c1-11-5-7-13(8-6-11)14-12(2)23-17-15(14)16(19-10-20-17)21-18(3,4)9-22/h5-8,10,22H,9H2,1-4H3,(H,19,20,21). The SMILES string of the molecule is Cc1ccc(-c2c(C)sc3ncnc(NC(C)(C)CO)c23)cc1. The molecule has 4 nitrogen and oxygen atoms in total. The van der Waals surface area contributed by atoms with Crippen LogP contribution in [0.1, 0.15) is 24.3 Å². The number of aliphatic hydroxyl groups excluding tert-OH is 1. The number of hydrogen-bond donors (Lipinski definition) is 2. The van der Waals surface area contributed by atoms with Crippen molar-refractivity contribution in [3.8, 4) is 11.1 Å². The fourth-order valence-electron chi connectivity index (χ4n) is 2.57. The molecular weight excluding hydrogens is 306 g/mol. The van der Waals surface area contributed by atoms with Gasteiger partial charge in [-0.2, -0.15) is 0 Å². The molecule has 23 heavy (non-hydrogen) atoms. The highest BCUT2D eigenvalue weighted by atomic mass is 32.1. The second-order valence-corrected chi connectivity index (χ2v) is 7.67. The lowest BCUT2D eigenvalue weighted by Crippen LogP contribution is -2.35. The van der Waals surface area contributed by atoms with Crippen LogP contribution < -0.4 is 5.32 Å². The summed E-state index contributed by atoms with van der Waals surface area (Å²) in [4.78, 5) is 11.0. The van der Waals surface area contributed by atoms with Crippen molar-refractivity contribution in [1.29, 1.82) is 0 Å². The van der Waals surface area contributed by atoms with E-state index in [9.17, 15) is 5.11 Å². The van der Waals surface area contributed by atoms with Gasteiger partial charge in [-0.1, -0.05) is 29.8 Å². The van der Waals surface area contributed by atoms with Crippen LogP contribution in [0.4, 0.5) is 5.82 Å². The Morgan fingerprint density at radius 3 is 2.48 bits per heavy atom. The Morgan fingerprint density at radius 2 is 1.83 bits per heavy atom. The molecule has 120 valence electrons. The number of nitrogens with zero attached hydrogens (tertiary/aromatic N) is 2. The fraction of sp³-hybridized carbons (Fsp3) is 0.333. The number of rotatable bonds is 4. The number of benzene rings is 1. The third-order valence-electron chi connectivity index (χ3n) is 3.86. The van der Waals surface area contributed by atoms with Crippen molar-refractivity contribution in [3.05, 3.63) is 41.0 Å². The van der Waals surface area contributed by atoms with Crippen LogP contribution in [0.2, 0.25) is 0 Å². The Morgan fingerprint density at radius 1 is 1.13 bits per heavy atom. The molecule has 5 heteroatoms. The smallest absolute Gasteiger partial charge is 0.139 e. The van der Waals surface area contributed by atoms with E-state index >= 15 is 0 Å². The van der Waals surface area contributed by atoms with Gasteiger partial charge in [0.2, 0.25) is 0 Å². The van der Waals surface area contributed by atoms with Crippen LogP contribution in [-0.4, -0.2) is 27.2 Å². The van der Waals surface area contributed by atoms with Gasteiger partial charge in [-0.05, 0) is 33.3 Å². The molecule has 3 aromatic rings. The van der Waals surface area contributed by atoms with E-state index in [0.717, 1.165) is 16.0 Å². The predicted octanol–water partition coefficient (Wildman–Crippen LogP) is 4.16. The first kappa shape index (κ1) is 15.9. The molecule has 0 aliphatic rings. The van der Waals surface area contributed by atoms with Crippen molar-refractivity contribution < 1.29 is 5.11 Å². The van der Waals surface area contributed by atoms with E-state index in [1.165, 1.54) is 21.6 Å². The topological polar surface area (TPSA) is 58.0 Å². The van der Waals surface area contributed by atoms with Gasteiger partial charge in [0.15, 0.2) is 0 Å². The number of aryl methyl sites for hydroxylation is 2. The van der Waals surface area contributed by atoms with Crippen molar-refractivity contribution in [2.45, 2.75) is 33.2 Å². The quantitative estimate of drug-likeness (QED) is 0.755. The van der Waals surface area contributed by atoms with E-state index in [1.807, 2.05) is 13.8 Å². The van der Waals surface area contributed by atoms with Gasteiger partial charge in [0.1, 0.15) is 17.0 Å². The minimum Gasteiger partial charge on any atom is -0.394 e. The normalized spacial score (nSPS) is 11.9. The summed E-state index contributed by atoms with van der Waals surface area (Å²) in [6, 6.07) is 8.51. The zero-order chi connectivity index (χ0) is 16.6. The van der Waals surface area contributed by atoms with Gasteiger partial charge in [-0.25, -0.2) is 9.97 Å². The Balaban J connectivity index is 2.21. The number of anilines is 1. The van der Waals surface area contributed by atoms with Crippen LogP contribution in [0, 0.1) is 13.8 Å². The molecule has 0 aliphatic carbocycles. The van der Waals surface area contributed by atoms with E-state index in [4.69, 9.17) is 0 Å². The lowest BCUT2D eigenvalue weighted by Gasteiger charge is -2.24. The molecule has 0 radical (unpaired) electrons. The molecule has 0 amide bonds. The molecule has 0 atom stereocenters. The van der Waals surface area contributed by atoms with Gasteiger partial charge in [0.05, 0.1) is 17.5 Å². The van der Waals surface area contributed by atoms with E-state index in [2.05, 4.69) is 53.4 Å². The monoisotopic (exact) mass is 327 g/mol. The highest BCUT2D eigenvalue weighted by molar-refractivity contribution is 7.19. The summed E-state index contributed by atoms with van der Waals surface area (Å²) < 4.78 is 0. The van der Waals surface area contributed by atoms with Crippen LogP contribution >= 0.6 is 11.3 Å². The summed E-state index contributed by atoms with van der Waals surface area (Å²) in [5.74, 6) is 0.772. The first-order valence-corrected chi connectivity index (χ1v) is 8.43. The van der Waals surface area contributed by atoms with Gasteiger partial charge in [-0.3, -0.25) is 0 Å². The summed E-state index contributed by atoms with van der Waals surface area (Å²) in [5, 5.41) is 13.9. The van der Waals surface area contributed by atoms with Crippen molar-refractivity contribution in [2.75, 3.05) is 11.9 Å². The lowest BCUT2D eigenvalue weighted by molar-refractivity contribution is 0.234. The molecule has 2 aromatic heterocycles. The molecule has 2 N–H and O–H groups in total. The molecule has 0 aliphatic heterocycles. The Kier molecular flexibility index (Phi) is 4.08. The van der Waals surface area contributed by atoms with Gasteiger partial charge >= 0.3 is 0 Å². The Bertz CT molecular complexity index is 837. The fourth-order valence-corrected chi connectivity index (χ4v) is 3.58. The zero-order valence-corrected chi connectivity index (χ0v) is 14.7. The summed E-state index contributed by atoms with van der Waals surface area (Å²) in [6.07, 6.45) is 1.58. The average Bonchev–Trinajstić information content (AvgIpc) is 2.85. The Labute approximate surface area is 140 Å². The number of nitrogens with one attached hydrogen (secondary N) is 1. The number of aromatic nitrogens is 2. The van der Waals surface area contributed by atoms with Crippen LogP contribution in [0.15, 0.2) is 30.6 Å². The van der Waals surface area contributed by atoms with Gasteiger partial charge in [-0.15, -0.1) is 11.3 Å². The molecule has 2 heterocycles. The zero-order valence-electron chi connectivity index (χ0n) is 13.8. The van der Waals surface area contributed by atoms with E-state index in [0.29, 0.717) is 0 Å². The van der Waals surface area contributed by atoms with E-state index in [1.54, 1.807) is 17.7 Å². The minimum atomic E-state index is -0.443. The number of hydrogen-bond acceptors (Lipinski definition) is 5. The predicted molar refractivity (Wildman–Crippen MR) is 97.1 cm³/mol. The van der Waals surface area contributed by atoms with Crippen LogP contribution in [-0.2, 0) is 0 Å². The van der Waals surface area contributed by atoms with Gasteiger partial charge in [0, 0.05) is 10.4 Å². The number of fused-ring (bicyclic) bond motifs is 1. The summed E-state index contributed by atoms with van der Waals surface area (Å²) in [7, 11) is 0. The van der Waals surface area contributed by atoms with Crippen molar-refractivity contribution in [1.82, 2.24) is 9.97 Å². The van der Waals surface area contributed by atoms with Gasteiger partial charge in [0.25, 0.3) is 0 Å². The van der Waals surface area contributed by atoms with E-state index in [-0.39, 0.29) is 6.61 Å². The largest absolute Gasteiger partial charge is 0.394 e. The first-order chi connectivity index (χ1) is 10.9. The second kappa shape index (κ2) is 5.91. The highest BCUT2D eigenvalue weighted by Crippen LogP contribution is 2.40. The van der Waals surface area contributed by atoms with Crippen LogP contribution in [0.25, 0.3) is 21.3 Å². The molecular formula is C18H21N3OS. The molecule has 0 unspecified atom stereocenters. The van der Waals surface area contributed by atoms with Crippen LogP contribution in [0.5, 0.6) is 0 Å². The molecule has 0 saturated carbocycles. The Hall–Kier alpha value is -1.98. The molecule has 1 aromatic carbocycles. The van der Waals surface area contributed by atoms with E-state index < -0.39 is 5.54 Å². The van der Waals surface area contributed by atoms with Crippen molar-refractivity contribution in [3.63, 3.8) is 0 Å². The molecule has 0 saturated heterocycles. The lowest BCUT2D eigenvalue weighted by atomic mass is 10.0. The number of thiophene rings is 1. The minimum absolute atomic E-state index is 0.0292. The van der Waals surface area contributed by atoms with Crippen molar-refractivity contribution >= 4 is 27.4 Å². The number of aliphatic hydroxyl groups is 1. The summed E-state index contributed by atoms with van der Waals surface area (Å²) in [6.45, 7) is 8.13.